The topological polar surface area (TPSA) is 25.8 Å². The maximum absolute atomic E-state index is 5.05. The zero-order valence-corrected chi connectivity index (χ0v) is 18.8. The molecule has 0 saturated carbocycles. The average molecular weight is 413 g/mol. The molecule has 0 fully saturated rings. The van der Waals surface area contributed by atoms with E-state index in [0.717, 1.165) is 5.52 Å². The van der Waals surface area contributed by atoms with Gasteiger partial charge in [0.05, 0.1) is 11.2 Å². The van der Waals surface area contributed by atoms with Crippen LogP contribution in [0.3, 0.4) is 0 Å². The molecular formula is C30H24N2. The Morgan fingerprint density at radius 1 is 0.594 bits per heavy atom. The van der Waals surface area contributed by atoms with Crippen molar-refractivity contribution in [3.8, 4) is 0 Å². The normalized spacial score (nSPS) is 16.6. The molecule has 154 valence electrons. The molecule has 0 N–H and O–H groups in total. The summed E-state index contributed by atoms with van der Waals surface area (Å²) in [6, 6.07) is 22.0. The zero-order chi connectivity index (χ0) is 21.8. The summed E-state index contributed by atoms with van der Waals surface area (Å²) in [4.78, 5) is 10.1. The van der Waals surface area contributed by atoms with E-state index in [4.69, 9.17) is 9.97 Å². The lowest BCUT2D eigenvalue weighted by Crippen LogP contribution is -2.43. The van der Waals surface area contributed by atoms with Gasteiger partial charge in [-0.2, -0.15) is 0 Å². The fraction of sp³-hybridized carbons (Fsp3) is 0.200. The summed E-state index contributed by atoms with van der Waals surface area (Å²) in [5, 5.41) is 11.4. The Labute approximate surface area is 186 Å². The van der Waals surface area contributed by atoms with Crippen LogP contribution in [0.1, 0.15) is 39.0 Å². The summed E-state index contributed by atoms with van der Waals surface area (Å²) in [5.41, 5.74) is 3.50. The minimum absolute atomic E-state index is 0.0923. The Hall–Kier alpha value is -3.52. The van der Waals surface area contributed by atoms with E-state index in [1.54, 1.807) is 0 Å². The van der Waals surface area contributed by atoms with Crippen molar-refractivity contribution in [3.05, 3.63) is 84.3 Å². The Morgan fingerprint density at radius 2 is 1.31 bits per heavy atom. The van der Waals surface area contributed by atoms with Crippen LogP contribution < -0.4 is 0 Å². The molecule has 0 bridgehead atoms. The smallest absolute Gasteiger partial charge is 0.0793 e. The molecule has 1 aliphatic carbocycles. The van der Waals surface area contributed by atoms with Crippen LogP contribution in [0.4, 0.5) is 0 Å². The van der Waals surface area contributed by atoms with Gasteiger partial charge in [0.2, 0.25) is 0 Å². The van der Waals surface area contributed by atoms with Crippen LogP contribution in [0.15, 0.2) is 73.1 Å². The van der Waals surface area contributed by atoms with Crippen LogP contribution in [0.5, 0.6) is 0 Å². The van der Waals surface area contributed by atoms with Gasteiger partial charge in [-0.3, -0.25) is 9.97 Å². The van der Waals surface area contributed by atoms with Crippen molar-refractivity contribution in [1.29, 1.82) is 0 Å². The number of hydrogen-bond acceptors (Lipinski definition) is 2. The van der Waals surface area contributed by atoms with Crippen LogP contribution in [-0.2, 0) is 10.8 Å². The first-order valence-electron chi connectivity index (χ1n) is 11.4. The number of pyridine rings is 2. The molecule has 2 aromatic heterocycles. The quantitative estimate of drug-likeness (QED) is 0.188. The Kier molecular flexibility index (Phi) is 3.19. The number of hydrogen-bond donors (Lipinski definition) is 0. The first-order valence-corrected chi connectivity index (χ1v) is 11.4. The second-order valence-corrected chi connectivity index (χ2v) is 10.3. The van der Waals surface area contributed by atoms with Gasteiger partial charge in [-0.1, -0.05) is 76.2 Å². The van der Waals surface area contributed by atoms with E-state index in [2.05, 4.69) is 88.4 Å². The first-order chi connectivity index (χ1) is 15.4. The Morgan fingerprint density at radius 3 is 2.12 bits per heavy atom. The number of benzene rings is 4. The summed E-state index contributed by atoms with van der Waals surface area (Å²) >= 11 is 0. The van der Waals surface area contributed by atoms with Crippen molar-refractivity contribution in [2.45, 2.75) is 38.5 Å². The lowest BCUT2D eigenvalue weighted by Gasteiger charge is -2.46. The van der Waals surface area contributed by atoms with E-state index in [1.165, 1.54) is 59.7 Å². The van der Waals surface area contributed by atoms with Crippen molar-refractivity contribution >= 4 is 54.0 Å². The van der Waals surface area contributed by atoms with Crippen molar-refractivity contribution < 1.29 is 0 Å². The zero-order valence-electron chi connectivity index (χ0n) is 18.8. The maximum Gasteiger partial charge on any atom is 0.0793 e. The van der Waals surface area contributed by atoms with Crippen molar-refractivity contribution in [1.82, 2.24) is 9.97 Å². The van der Waals surface area contributed by atoms with Crippen LogP contribution in [0.25, 0.3) is 54.0 Å². The Balaban J connectivity index is 1.94. The number of rotatable bonds is 0. The molecule has 7 rings (SSSR count). The van der Waals surface area contributed by atoms with Gasteiger partial charge in [0.15, 0.2) is 0 Å². The minimum atomic E-state index is -0.123. The number of fused-ring (bicyclic) bond motifs is 7. The molecule has 2 heteroatoms. The van der Waals surface area contributed by atoms with Gasteiger partial charge in [-0.05, 0) is 44.6 Å². The van der Waals surface area contributed by atoms with Crippen LogP contribution in [-0.4, -0.2) is 9.97 Å². The summed E-state index contributed by atoms with van der Waals surface area (Å²) in [7, 11) is 0. The molecule has 0 radical (unpaired) electrons. The molecule has 1 aliphatic rings. The van der Waals surface area contributed by atoms with Crippen molar-refractivity contribution in [3.63, 3.8) is 0 Å². The van der Waals surface area contributed by atoms with Crippen LogP contribution in [0, 0.1) is 0 Å². The third-order valence-corrected chi connectivity index (χ3v) is 8.35. The summed E-state index contributed by atoms with van der Waals surface area (Å²) < 4.78 is 0. The van der Waals surface area contributed by atoms with E-state index in [9.17, 15) is 0 Å². The fourth-order valence-electron chi connectivity index (χ4n) is 6.09. The van der Waals surface area contributed by atoms with Crippen molar-refractivity contribution in [2.24, 2.45) is 0 Å². The van der Waals surface area contributed by atoms with E-state index < -0.39 is 0 Å². The van der Waals surface area contributed by atoms with Gasteiger partial charge < -0.3 is 0 Å². The molecule has 0 amide bonds. The second-order valence-electron chi connectivity index (χ2n) is 10.3. The molecule has 0 atom stereocenters. The van der Waals surface area contributed by atoms with Gasteiger partial charge in [0.1, 0.15) is 0 Å². The highest BCUT2D eigenvalue weighted by Gasteiger charge is 2.47. The lowest BCUT2D eigenvalue weighted by atomic mass is 9.57. The molecular weight excluding hydrogens is 388 g/mol. The van der Waals surface area contributed by atoms with E-state index in [0.29, 0.717) is 0 Å². The average Bonchev–Trinajstić information content (AvgIpc) is 2.80. The Bertz CT molecular complexity index is 1770. The molecule has 0 saturated heterocycles. The molecule has 32 heavy (non-hydrogen) atoms. The predicted molar refractivity (Wildman–Crippen MR) is 136 cm³/mol. The summed E-state index contributed by atoms with van der Waals surface area (Å²) in [5.74, 6) is 0. The van der Waals surface area contributed by atoms with Gasteiger partial charge in [0, 0.05) is 44.8 Å². The molecule has 2 nitrogen and oxygen atoms in total. The number of aromatic nitrogens is 2. The predicted octanol–water partition coefficient (Wildman–Crippen LogP) is 7.81. The highest BCUT2D eigenvalue weighted by atomic mass is 14.7. The van der Waals surface area contributed by atoms with Crippen LogP contribution in [0.2, 0.25) is 0 Å². The molecule has 4 aromatic carbocycles. The number of nitrogens with zero attached hydrogens (tertiary/aromatic N) is 2. The van der Waals surface area contributed by atoms with E-state index >= 15 is 0 Å². The molecule has 6 aromatic rings. The third-order valence-electron chi connectivity index (χ3n) is 8.35. The SMILES string of the molecule is CC1(C)c2c3ccccc3cc3c4ncc5ccccc5c4c4ccnc(c4c23)C1(C)C. The highest BCUT2D eigenvalue weighted by Crippen LogP contribution is 2.56. The molecule has 0 spiro atoms. The van der Waals surface area contributed by atoms with Gasteiger partial charge in [0.25, 0.3) is 0 Å². The molecule has 2 heterocycles. The summed E-state index contributed by atoms with van der Waals surface area (Å²) in [6.07, 6.45) is 4.02. The standard InChI is InChI=1S/C30H24N2/c1-29(2)26-20-12-8-5-9-17(20)15-22-24(26)25-21(13-14-31-28(25)30(29,3)4)23-19-11-7-6-10-18(19)16-32-27(22)23/h5-16H,1-4H3. The molecule has 0 unspecified atom stereocenters. The maximum atomic E-state index is 5.05. The second kappa shape index (κ2) is 5.63. The van der Waals surface area contributed by atoms with Crippen LogP contribution >= 0.6 is 0 Å². The van der Waals surface area contributed by atoms with E-state index in [1.807, 2.05) is 12.4 Å². The molecule has 0 aliphatic heterocycles. The fourth-order valence-corrected chi connectivity index (χ4v) is 6.09. The monoisotopic (exact) mass is 412 g/mol. The van der Waals surface area contributed by atoms with Crippen molar-refractivity contribution in [2.75, 3.05) is 0 Å². The largest absolute Gasteiger partial charge is 0.260 e. The third kappa shape index (κ3) is 1.93. The van der Waals surface area contributed by atoms with Gasteiger partial charge >= 0.3 is 0 Å². The van der Waals surface area contributed by atoms with Gasteiger partial charge in [-0.25, -0.2) is 0 Å². The summed E-state index contributed by atoms with van der Waals surface area (Å²) in [6.45, 7) is 9.49. The highest BCUT2D eigenvalue weighted by molar-refractivity contribution is 6.33. The lowest BCUT2D eigenvalue weighted by molar-refractivity contribution is 0.299. The minimum Gasteiger partial charge on any atom is -0.260 e. The first kappa shape index (κ1) is 18.1. The van der Waals surface area contributed by atoms with E-state index in [-0.39, 0.29) is 10.8 Å². The van der Waals surface area contributed by atoms with Gasteiger partial charge in [-0.15, -0.1) is 0 Å².